The van der Waals surface area contributed by atoms with Crippen LogP contribution >= 0.6 is 15.6 Å². The van der Waals surface area contributed by atoms with Crippen molar-refractivity contribution in [3.63, 3.8) is 0 Å². The average molecular weight is 1020 g/mol. The SMILES string of the molecule is Cc1nnc(-c2ccc(OCCOCCOCCOCCOCCC(=O)NCC3O[C@H](OP(=O)(O)OP(=O)(O)OC[C@H]4O[C@@H](n5cnc6c(=O)[nH]c(N)nc65)C(O)[C@H]4O)C(O)C(O)[C@@H]3O)cc2)nn1. The molecule has 0 saturated carbocycles. The number of nitrogens with one attached hydrogen (secondary N) is 2. The number of aromatic nitrogens is 8. The van der Waals surface area contributed by atoms with E-state index in [4.69, 9.17) is 47.9 Å². The highest BCUT2D eigenvalue weighted by molar-refractivity contribution is 7.61. The Labute approximate surface area is 390 Å². The number of rotatable bonds is 27. The fourth-order valence-corrected chi connectivity index (χ4v) is 8.57. The first kappa shape index (κ1) is 53.7. The summed E-state index contributed by atoms with van der Waals surface area (Å²) in [4.78, 5) is 55.0. The number of carbonyl (C=O) groups is 1. The summed E-state index contributed by atoms with van der Waals surface area (Å²) < 4.78 is 78.4. The quantitative estimate of drug-likeness (QED) is 0.0205. The van der Waals surface area contributed by atoms with Crippen molar-refractivity contribution in [2.45, 2.75) is 68.6 Å². The number of nitrogens with zero attached hydrogens (tertiary/aromatic N) is 7. The molecule has 11 N–H and O–H groups in total. The number of ether oxygens (including phenoxy) is 7. The lowest BCUT2D eigenvalue weighted by atomic mass is 9.99. The number of aromatic amines is 1. The summed E-state index contributed by atoms with van der Waals surface area (Å²) in [7, 11) is -11.3. The van der Waals surface area contributed by atoms with Crippen LogP contribution in [0.2, 0.25) is 0 Å². The van der Waals surface area contributed by atoms with Gasteiger partial charge in [0.2, 0.25) is 17.7 Å². The number of hydrogen-bond donors (Lipinski definition) is 10. The van der Waals surface area contributed by atoms with Gasteiger partial charge in [-0.15, -0.1) is 20.4 Å². The van der Waals surface area contributed by atoms with Gasteiger partial charge in [0.15, 0.2) is 29.5 Å². The normalized spacial score (nSPS) is 25.6. The molecule has 2 aliphatic rings. The lowest BCUT2D eigenvalue weighted by molar-refractivity contribution is -0.273. The number of imidazole rings is 1. The van der Waals surface area contributed by atoms with Crippen molar-refractivity contribution >= 4 is 38.7 Å². The first-order valence-electron chi connectivity index (χ1n) is 20.9. The van der Waals surface area contributed by atoms with Gasteiger partial charge in [-0.25, -0.2) is 14.1 Å². The van der Waals surface area contributed by atoms with Crippen LogP contribution < -0.4 is 21.3 Å². The molecule has 0 radical (unpaired) electrons. The number of amides is 1. The van der Waals surface area contributed by atoms with Crippen LogP contribution in [0.15, 0.2) is 35.4 Å². The fraction of sp³-hybridized carbons (Fsp3) is 0.611. The van der Waals surface area contributed by atoms with E-state index in [0.29, 0.717) is 50.4 Å². The van der Waals surface area contributed by atoms with Crippen molar-refractivity contribution in [3.05, 3.63) is 46.8 Å². The number of benzene rings is 1. The first-order valence-corrected chi connectivity index (χ1v) is 23.9. The van der Waals surface area contributed by atoms with E-state index >= 15 is 0 Å². The smallest absolute Gasteiger partial charge is 0.483 e. The van der Waals surface area contributed by atoms with Crippen LogP contribution in [0.3, 0.4) is 0 Å². The fourth-order valence-electron chi connectivity index (χ4n) is 6.41. The summed E-state index contributed by atoms with van der Waals surface area (Å²) >= 11 is 0. The maximum Gasteiger partial charge on any atom is 0.483 e. The lowest BCUT2D eigenvalue weighted by Gasteiger charge is -2.40. The number of phosphoric ester groups is 2. The van der Waals surface area contributed by atoms with Gasteiger partial charge in [-0.05, 0) is 31.2 Å². The van der Waals surface area contributed by atoms with Gasteiger partial charge in [0, 0.05) is 18.5 Å². The van der Waals surface area contributed by atoms with E-state index in [0.717, 1.165) is 16.5 Å². The van der Waals surface area contributed by atoms with Crippen LogP contribution in [0.1, 0.15) is 18.5 Å². The van der Waals surface area contributed by atoms with Crippen molar-refractivity contribution in [2.75, 3.05) is 78.3 Å². The standard InChI is InChI=1S/C36H52N10O21P2/c1-19-42-44-31(45-43-19)20-2-4-21(5-3-20)62-15-14-61-13-12-60-11-10-59-9-8-58-7-6-24(47)38-16-22-26(48)28(50)30(52)35(65-22)66-69(56,57)67-68(54,55)63-17-23-27(49)29(51)34(64-23)46-18-39-25-32(46)40-36(37)41-33(25)53/h2-5,18,22-23,26-30,34-35,48-52H,6-17H2,1H3,(H,38,47)(H,54,55)(H,56,57)(H3,37,40,41,53)/t22?,23-,26-,27+,28?,29?,30?,34-,35-/m1/s1. The highest BCUT2D eigenvalue weighted by atomic mass is 31.3. The molecule has 0 aliphatic carbocycles. The van der Waals surface area contributed by atoms with E-state index < -0.39 is 95.5 Å². The van der Waals surface area contributed by atoms with E-state index in [1.54, 1.807) is 31.2 Å². The largest absolute Gasteiger partial charge is 0.491 e. The average Bonchev–Trinajstić information content (AvgIpc) is 3.85. The number of nitrogen functional groups attached to an aromatic ring is 1. The molecule has 5 heterocycles. The zero-order chi connectivity index (χ0) is 49.7. The molecule has 33 heteroatoms. The van der Waals surface area contributed by atoms with Gasteiger partial charge < -0.3 is 79.5 Å². The van der Waals surface area contributed by atoms with Crippen LogP contribution in [-0.2, 0) is 55.7 Å². The highest BCUT2D eigenvalue weighted by Gasteiger charge is 2.50. The second-order valence-corrected chi connectivity index (χ2v) is 17.9. The minimum absolute atomic E-state index is 0.0323. The van der Waals surface area contributed by atoms with Crippen LogP contribution in [0, 0.1) is 6.92 Å². The Hall–Kier alpha value is -4.60. The molecule has 11 atom stereocenters. The van der Waals surface area contributed by atoms with E-state index in [-0.39, 0.29) is 50.0 Å². The predicted molar refractivity (Wildman–Crippen MR) is 227 cm³/mol. The minimum Gasteiger partial charge on any atom is -0.491 e. The molecule has 382 valence electrons. The van der Waals surface area contributed by atoms with Crippen molar-refractivity contribution in [1.29, 1.82) is 0 Å². The molecule has 1 aromatic carbocycles. The molecule has 31 nitrogen and oxygen atoms in total. The van der Waals surface area contributed by atoms with Crippen molar-refractivity contribution in [2.24, 2.45) is 0 Å². The first-order chi connectivity index (χ1) is 32.9. The zero-order valence-corrected chi connectivity index (χ0v) is 38.3. The number of H-pyrrole nitrogens is 1. The minimum atomic E-state index is -5.73. The highest BCUT2D eigenvalue weighted by Crippen LogP contribution is 2.61. The van der Waals surface area contributed by atoms with E-state index in [9.17, 15) is 54.0 Å². The number of aliphatic hydroxyl groups is 5. The summed E-state index contributed by atoms with van der Waals surface area (Å²) in [5, 5.41) is 70.5. The number of fused-ring (bicyclic) bond motifs is 1. The maximum absolute atomic E-state index is 12.8. The van der Waals surface area contributed by atoms with Crippen molar-refractivity contribution < 1.29 is 95.8 Å². The molecule has 4 aromatic rings. The van der Waals surface area contributed by atoms with E-state index in [1.165, 1.54) is 0 Å². The maximum atomic E-state index is 12.8. The third-order valence-corrected chi connectivity index (χ3v) is 12.5. The van der Waals surface area contributed by atoms with Gasteiger partial charge in [-0.1, -0.05) is 0 Å². The Bertz CT molecular complexity index is 2420. The second kappa shape index (κ2) is 25.0. The van der Waals surface area contributed by atoms with Gasteiger partial charge in [0.05, 0.1) is 65.8 Å². The van der Waals surface area contributed by atoms with E-state index in [2.05, 4.69) is 45.0 Å². The number of phosphoric acid groups is 2. The Morgan fingerprint density at radius 3 is 2.06 bits per heavy atom. The van der Waals surface area contributed by atoms with Crippen LogP contribution in [0.25, 0.3) is 22.6 Å². The molecule has 6 unspecified atom stereocenters. The van der Waals surface area contributed by atoms with Gasteiger partial charge in [0.25, 0.3) is 5.56 Å². The Morgan fingerprint density at radius 2 is 1.41 bits per heavy atom. The number of carbonyl (C=O) groups excluding carboxylic acids is 1. The Morgan fingerprint density at radius 1 is 0.797 bits per heavy atom. The summed E-state index contributed by atoms with van der Waals surface area (Å²) in [6.07, 6.45) is -15.6. The number of anilines is 1. The predicted octanol–water partition coefficient (Wildman–Crippen LogP) is -3.41. The summed E-state index contributed by atoms with van der Waals surface area (Å²) in [5.74, 6) is 0.669. The van der Waals surface area contributed by atoms with Crippen LogP contribution in [-0.4, -0.2) is 203 Å². The molecule has 6 rings (SSSR count). The van der Waals surface area contributed by atoms with Crippen molar-refractivity contribution in [3.8, 4) is 17.1 Å². The Kier molecular flexibility index (Phi) is 19.5. The molecule has 3 aromatic heterocycles. The molecule has 0 spiro atoms. The molecule has 2 saturated heterocycles. The van der Waals surface area contributed by atoms with E-state index in [1.807, 2.05) is 0 Å². The number of nitrogens with two attached hydrogens (primary N) is 1. The molecule has 0 bridgehead atoms. The molecule has 1 amide bonds. The molecule has 2 fully saturated rings. The van der Waals surface area contributed by atoms with Gasteiger partial charge in [-0.2, -0.15) is 9.29 Å². The van der Waals surface area contributed by atoms with Crippen molar-refractivity contribution in [1.82, 2.24) is 45.2 Å². The molecular formula is C36H52N10O21P2. The van der Waals surface area contributed by atoms with Gasteiger partial charge >= 0.3 is 15.6 Å². The molecular weight excluding hydrogens is 970 g/mol. The van der Waals surface area contributed by atoms with Gasteiger partial charge in [-0.3, -0.25) is 28.2 Å². The number of hydrogen-bond acceptors (Lipinski definition) is 26. The monoisotopic (exact) mass is 1020 g/mol. The molecule has 69 heavy (non-hydrogen) atoms. The number of aryl methyl sites for hydroxylation is 1. The van der Waals surface area contributed by atoms with Crippen LogP contribution in [0.5, 0.6) is 5.75 Å². The van der Waals surface area contributed by atoms with Gasteiger partial charge in [0.1, 0.15) is 55.1 Å². The molecule has 2 aliphatic heterocycles. The zero-order valence-electron chi connectivity index (χ0n) is 36.5. The lowest BCUT2D eigenvalue weighted by Crippen LogP contribution is -2.60. The third kappa shape index (κ3) is 15.4. The van der Waals surface area contributed by atoms with Crippen LogP contribution in [0.4, 0.5) is 5.95 Å². The second-order valence-electron chi connectivity index (χ2n) is 14.9. The summed E-state index contributed by atoms with van der Waals surface area (Å²) in [5.41, 5.74) is 5.31. The third-order valence-electron chi connectivity index (χ3n) is 9.85. The topological polar surface area (TPSA) is 438 Å². The Balaban J connectivity index is 0.798. The summed E-state index contributed by atoms with van der Waals surface area (Å²) in [6, 6.07) is 7.18. The number of aliphatic hydroxyl groups excluding tert-OH is 5. The summed E-state index contributed by atoms with van der Waals surface area (Å²) in [6.45, 7) is 2.45.